The molecule has 0 amide bonds. The summed E-state index contributed by atoms with van der Waals surface area (Å²) in [5, 5.41) is 0. The lowest BCUT2D eigenvalue weighted by molar-refractivity contribution is 0.885. The minimum Gasteiger partial charge on any atom is -0.398 e. The van der Waals surface area contributed by atoms with E-state index in [1.165, 1.54) is 0 Å². The van der Waals surface area contributed by atoms with Crippen LogP contribution in [-0.2, 0) is 6.54 Å². The number of aromatic nitrogens is 2. The average Bonchev–Trinajstić information content (AvgIpc) is 2.89. The van der Waals surface area contributed by atoms with Gasteiger partial charge in [0.25, 0.3) is 0 Å². The van der Waals surface area contributed by atoms with Gasteiger partial charge in [-0.3, -0.25) is 4.40 Å². The third kappa shape index (κ3) is 2.12. The van der Waals surface area contributed by atoms with Gasteiger partial charge in [-0.2, -0.15) is 0 Å². The fraction of sp³-hybridized carbons (Fsp3) is 0.133. The van der Waals surface area contributed by atoms with Crippen molar-refractivity contribution in [3.63, 3.8) is 0 Å². The first kappa shape index (κ1) is 11.6. The first-order valence-electron chi connectivity index (χ1n) is 6.22. The lowest BCUT2D eigenvalue weighted by Gasteiger charge is -2.21. The van der Waals surface area contributed by atoms with E-state index in [0.29, 0.717) is 0 Å². The molecule has 0 unspecified atom stereocenters. The first-order valence-corrected chi connectivity index (χ1v) is 6.22. The van der Waals surface area contributed by atoms with Gasteiger partial charge in [-0.1, -0.05) is 24.3 Å². The van der Waals surface area contributed by atoms with E-state index in [4.69, 9.17) is 5.73 Å². The van der Waals surface area contributed by atoms with Crippen LogP contribution in [0.2, 0.25) is 0 Å². The third-order valence-electron chi connectivity index (χ3n) is 3.26. The van der Waals surface area contributed by atoms with Gasteiger partial charge in [0, 0.05) is 31.7 Å². The Morgan fingerprint density at radius 1 is 1.16 bits per heavy atom. The average molecular weight is 252 g/mol. The topological polar surface area (TPSA) is 46.6 Å². The van der Waals surface area contributed by atoms with Crippen molar-refractivity contribution >= 4 is 17.2 Å². The summed E-state index contributed by atoms with van der Waals surface area (Å²) >= 11 is 0. The van der Waals surface area contributed by atoms with E-state index >= 15 is 0 Å². The van der Waals surface area contributed by atoms with E-state index < -0.39 is 0 Å². The van der Waals surface area contributed by atoms with Crippen LogP contribution in [0.5, 0.6) is 0 Å². The van der Waals surface area contributed by atoms with Gasteiger partial charge in [0.2, 0.25) is 0 Å². The second-order valence-electron chi connectivity index (χ2n) is 4.59. The van der Waals surface area contributed by atoms with Crippen LogP contribution in [0.15, 0.2) is 54.9 Å². The van der Waals surface area contributed by atoms with Crippen LogP contribution in [0.25, 0.3) is 5.65 Å². The smallest absolute Gasteiger partial charge is 0.138 e. The van der Waals surface area contributed by atoms with Gasteiger partial charge >= 0.3 is 0 Å². The summed E-state index contributed by atoms with van der Waals surface area (Å²) in [6, 6.07) is 14.0. The second-order valence-corrected chi connectivity index (χ2v) is 4.59. The molecule has 0 fully saturated rings. The zero-order chi connectivity index (χ0) is 13.2. The van der Waals surface area contributed by atoms with E-state index in [9.17, 15) is 0 Å². The molecule has 0 aliphatic heterocycles. The molecule has 4 heteroatoms. The maximum atomic E-state index is 5.99. The van der Waals surface area contributed by atoms with Crippen molar-refractivity contribution in [3.05, 3.63) is 60.4 Å². The lowest BCUT2D eigenvalue weighted by Crippen LogP contribution is -2.19. The maximum Gasteiger partial charge on any atom is 0.138 e. The van der Waals surface area contributed by atoms with Gasteiger partial charge in [-0.15, -0.1) is 0 Å². The van der Waals surface area contributed by atoms with Crippen LogP contribution < -0.4 is 10.6 Å². The largest absolute Gasteiger partial charge is 0.398 e. The number of hydrogen-bond acceptors (Lipinski definition) is 3. The Bertz CT molecular complexity index is 702. The van der Waals surface area contributed by atoms with Crippen molar-refractivity contribution in [2.24, 2.45) is 0 Å². The molecule has 1 aromatic carbocycles. The number of nitrogens with two attached hydrogens (primary N) is 1. The summed E-state index contributed by atoms with van der Waals surface area (Å²) in [4.78, 5) is 6.46. The Hall–Kier alpha value is -2.49. The Morgan fingerprint density at radius 3 is 2.84 bits per heavy atom. The summed E-state index contributed by atoms with van der Waals surface area (Å²) in [6.45, 7) is 0.768. The van der Waals surface area contributed by atoms with Crippen LogP contribution in [-0.4, -0.2) is 16.4 Å². The minimum atomic E-state index is 0.768. The molecule has 0 saturated carbocycles. The quantitative estimate of drug-likeness (QED) is 0.729. The summed E-state index contributed by atoms with van der Waals surface area (Å²) in [6.07, 6.45) is 3.78. The molecule has 0 atom stereocenters. The third-order valence-corrected chi connectivity index (χ3v) is 3.26. The predicted molar refractivity (Wildman–Crippen MR) is 78.2 cm³/mol. The molecule has 2 aromatic heterocycles. The fourth-order valence-electron chi connectivity index (χ4n) is 2.26. The molecule has 96 valence electrons. The summed E-state index contributed by atoms with van der Waals surface area (Å²) in [5.74, 6) is 1.10. The molecule has 19 heavy (non-hydrogen) atoms. The monoisotopic (exact) mass is 252 g/mol. The van der Waals surface area contributed by atoms with E-state index in [-0.39, 0.29) is 0 Å². The lowest BCUT2D eigenvalue weighted by atomic mass is 10.2. The molecule has 0 aliphatic carbocycles. The highest BCUT2D eigenvalue weighted by Crippen LogP contribution is 2.19. The van der Waals surface area contributed by atoms with Crippen LogP contribution in [0, 0.1) is 0 Å². The Morgan fingerprint density at radius 2 is 2.00 bits per heavy atom. The number of para-hydroxylation sites is 1. The summed E-state index contributed by atoms with van der Waals surface area (Å²) in [7, 11) is 2.06. The van der Waals surface area contributed by atoms with E-state index in [1.54, 1.807) is 0 Å². The van der Waals surface area contributed by atoms with Crippen molar-refractivity contribution < 1.29 is 0 Å². The Kier molecular flexibility index (Phi) is 2.83. The number of hydrogen-bond donors (Lipinski definition) is 1. The molecule has 3 rings (SSSR count). The zero-order valence-electron chi connectivity index (χ0n) is 10.8. The molecule has 0 spiro atoms. The van der Waals surface area contributed by atoms with Gasteiger partial charge in [0.1, 0.15) is 11.5 Å². The predicted octanol–water partition coefficient (Wildman–Crippen LogP) is 2.55. The van der Waals surface area contributed by atoms with Gasteiger partial charge < -0.3 is 10.6 Å². The van der Waals surface area contributed by atoms with E-state index in [1.807, 2.05) is 42.7 Å². The van der Waals surface area contributed by atoms with Gasteiger partial charge in [0.05, 0.1) is 0 Å². The van der Waals surface area contributed by atoms with Crippen LogP contribution in [0.4, 0.5) is 11.5 Å². The molecule has 0 aliphatic rings. The molecule has 2 N–H and O–H groups in total. The van der Waals surface area contributed by atoms with Crippen molar-refractivity contribution in [2.75, 3.05) is 17.7 Å². The number of benzene rings is 1. The number of imidazole rings is 1. The Labute approximate surface area is 112 Å². The number of anilines is 2. The maximum absolute atomic E-state index is 5.99. The highest BCUT2D eigenvalue weighted by molar-refractivity contribution is 5.53. The fourth-order valence-corrected chi connectivity index (χ4v) is 2.26. The van der Waals surface area contributed by atoms with E-state index in [2.05, 4.69) is 33.5 Å². The molecule has 0 radical (unpaired) electrons. The molecule has 3 aromatic rings. The molecule has 0 bridgehead atoms. The van der Waals surface area contributed by atoms with E-state index in [0.717, 1.165) is 29.3 Å². The van der Waals surface area contributed by atoms with Crippen LogP contribution >= 0.6 is 0 Å². The molecular formula is C15H16N4. The highest BCUT2D eigenvalue weighted by atomic mass is 15.2. The standard InChI is InChI=1S/C15H16N4/c1-18(11-12-5-2-3-6-13(12)16)15-8-4-7-14-17-9-10-19(14)15/h2-10H,11,16H2,1H3. The summed E-state index contributed by atoms with van der Waals surface area (Å²) in [5.41, 5.74) is 8.90. The second kappa shape index (κ2) is 4.65. The number of nitrogen functional groups attached to an aromatic ring is 1. The van der Waals surface area contributed by atoms with Crippen LogP contribution in [0.1, 0.15) is 5.56 Å². The van der Waals surface area contributed by atoms with Gasteiger partial charge in [-0.05, 0) is 23.8 Å². The number of rotatable bonds is 3. The number of fused-ring (bicyclic) bond motifs is 1. The Balaban J connectivity index is 1.94. The number of nitrogens with zero attached hydrogens (tertiary/aromatic N) is 3. The van der Waals surface area contributed by atoms with Crippen molar-refractivity contribution in [1.82, 2.24) is 9.38 Å². The van der Waals surface area contributed by atoms with Crippen molar-refractivity contribution in [2.45, 2.75) is 6.54 Å². The minimum absolute atomic E-state index is 0.768. The summed E-state index contributed by atoms with van der Waals surface area (Å²) < 4.78 is 2.07. The normalized spacial score (nSPS) is 10.8. The number of pyridine rings is 1. The van der Waals surface area contributed by atoms with Gasteiger partial charge in [0.15, 0.2) is 0 Å². The molecular weight excluding hydrogens is 236 g/mol. The van der Waals surface area contributed by atoms with Crippen molar-refractivity contribution in [3.8, 4) is 0 Å². The van der Waals surface area contributed by atoms with Crippen molar-refractivity contribution in [1.29, 1.82) is 0 Å². The molecule has 4 nitrogen and oxygen atoms in total. The van der Waals surface area contributed by atoms with Crippen LogP contribution in [0.3, 0.4) is 0 Å². The zero-order valence-corrected chi connectivity index (χ0v) is 10.8. The highest BCUT2D eigenvalue weighted by Gasteiger charge is 2.07. The first-order chi connectivity index (χ1) is 9.25. The van der Waals surface area contributed by atoms with Gasteiger partial charge in [-0.25, -0.2) is 4.98 Å². The SMILES string of the molecule is CN(Cc1ccccc1N)c1cccc2nccn12. The molecule has 2 heterocycles. The molecule has 0 saturated heterocycles.